The van der Waals surface area contributed by atoms with Crippen molar-refractivity contribution in [3.63, 3.8) is 0 Å². The number of halogens is 2. The molecular formula is C16H11Cl2N3O2. The van der Waals surface area contributed by atoms with E-state index >= 15 is 0 Å². The highest BCUT2D eigenvalue weighted by Gasteiger charge is 2.12. The van der Waals surface area contributed by atoms with Gasteiger partial charge in [-0.15, -0.1) is 0 Å². The number of amides is 1. The molecule has 0 unspecified atom stereocenters. The molecule has 7 heteroatoms. The van der Waals surface area contributed by atoms with Crippen LogP contribution in [0, 0.1) is 0 Å². The summed E-state index contributed by atoms with van der Waals surface area (Å²) in [4.78, 5) is 12.2. The predicted molar refractivity (Wildman–Crippen MR) is 89.6 cm³/mol. The van der Waals surface area contributed by atoms with Gasteiger partial charge in [-0.1, -0.05) is 23.2 Å². The quantitative estimate of drug-likeness (QED) is 0.699. The number of nitrogens with one attached hydrogen (secondary N) is 1. The first-order valence-corrected chi connectivity index (χ1v) is 7.39. The van der Waals surface area contributed by atoms with Crippen LogP contribution >= 0.6 is 23.2 Å². The molecule has 1 heterocycles. The van der Waals surface area contributed by atoms with E-state index in [1.54, 1.807) is 35.1 Å². The lowest BCUT2D eigenvalue weighted by molar-refractivity contribution is 0.102. The number of aromatic nitrogens is 2. The van der Waals surface area contributed by atoms with Crippen LogP contribution in [0.25, 0.3) is 5.69 Å². The van der Waals surface area contributed by atoms with Gasteiger partial charge in [0.2, 0.25) is 0 Å². The lowest BCUT2D eigenvalue weighted by Crippen LogP contribution is -2.11. The van der Waals surface area contributed by atoms with Crippen molar-refractivity contribution in [1.29, 1.82) is 0 Å². The van der Waals surface area contributed by atoms with Gasteiger partial charge in [-0.3, -0.25) is 4.79 Å². The smallest absolute Gasteiger partial charge is 0.258 e. The summed E-state index contributed by atoms with van der Waals surface area (Å²) in [5, 5.41) is 17.5. The van der Waals surface area contributed by atoms with Gasteiger partial charge in [0.15, 0.2) is 0 Å². The zero-order valence-electron chi connectivity index (χ0n) is 11.7. The molecule has 2 aromatic carbocycles. The van der Waals surface area contributed by atoms with Crippen molar-refractivity contribution in [2.45, 2.75) is 0 Å². The van der Waals surface area contributed by atoms with Crippen LogP contribution in [0.5, 0.6) is 5.75 Å². The molecule has 0 atom stereocenters. The molecule has 0 aliphatic carbocycles. The number of rotatable bonds is 3. The molecule has 0 saturated carbocycles. The second-order valence-electron chi connectivity index (χ2n) is 4.77. The van der Waals surface area contributed by atoms with Crippen molar-refractivity contribution in [2.24, 2.45) is 0 Å². The average molecular weight is 348 g/mol. The topological polar surface area (TPSA) is 67.2 Å². The average Bonchev–Trinajstić information content (AvgIpc) is 3.02. The summed E-state index contributed by atoms with van der Waals surface area (Å²) in [7, 11) is 0. The number of phenols is 1. The molecule has 0 spiro atoms. The van der Waals surface area contributed by atoms with Gasteiger partial charge in [0.25, 0.3) is 5.91 Å². The molecule has 0 aliphatic rings. The van der Waals surface area contributed by atoms with Crippen LogP contribution in [0.2, 0.25) is 10.0 Å². The Morgan fingerprint density at radius 1 is 1.09 bits per heavy atom. The van der Waals surface area contributed by atoms with Crippen LogP contribution in [0.3, 0.4) is 0 Å². The maximum Gasteiger partial charge on any atom is 0.258 e. The molecule has 116 valence electrons. The minimum atomic E-state index is -0.400. The zero-order chi connectivity index (χ0) is 16.4. The van der Waals surface area contributed by atoms with E-state index in [1.165, 1.54) is 24.4 Å². The van der Waals surface area contributed by atoms with Gasteiger partial charge >= 0.3 is 0 Å². The van der Waals surface area contributed by atoms with Gasteiger partial charge in [0.05, 0.1) is 23.1 Å². The Hall–Kier alpha value is -2.50. The molecule has 3 aromatic rings. The second-order valence-corrected chi connectivity index (χ2v) is 5.64. The number of carbonyl (C=O) groups is 1. The molecule has 0 saturated heterocycles. The summed E-state index contributed by atoms with van der Waals surface area (Å²) >= 11 is 11.7. The number of carbonyl (C=O) groups excluding carboxylic acids is 1. The molecule has 0 radical (unpaired) electrons. The summed E-state index contributed by atoms with van der Waals surface area (Å²) in [6, 6.07) is 11.5. The van der Waals surface area contributed by atoms with Crippen molar-refractivity contribution in [3.8, 4) is 11.4 Å². The Bertz CT molecular complexity index is 860. The van der Waals surface area contributed by atoms with Gasteiger partial charge in [-0.05, 0) is 42.5 Å². The van der Waals surface area contributed by atoms with E-state index < -0.39 is 5.91 Å². The maximum absolute atomic E-state index is 12.2. The minimum absolute atomic E-state index is 0.0622. The van der Waals surface area contributed by atoms with E-state index in [0.717, 1.165) is 5.69 Å². The van der Waals surface area contributed by atoms with Crippen molar-refractivity contribution < 1.29 is 9.90 Å². The number of aromatic hydroxyl groups is 1. The summed E-state index contributed by atoms with van der Waals surface area (Å²) in [6.07, 6.45) is 3.02. The monoisotopic (exact) mass is 347 g/mol. The number of hydrogen-bond donors (Lipinski definition) is 2. The van der Waals surface area contributed by atoms with Gasteiger partial charge in [0, 0.05) is 16.2 Å². The summed E-state index contributed by atoms with van der Waals surface area (Å²) in [5.74, 6) is -0.462. The Kier molecular flexibility index (Phi) is 4.23. The normalized spacial score (nSPS) is 10.5. The van der Waals surface area contributed by atoms with Gasteiger partial charge in [0.1, 0.15) is 5.75 Å². The van der Waals surface area contributed by atoms with E-state index in [-0.39, 0.29) is 11.4 Å². The summed E-state index contributed by atoms with van der Waals surface area (Å²) in [5.41, 5.74) is 1.36. The zero-order valence-corrected chi connectivity index (χ0v) is 13.2. The standard InChI is InChI=1S/C16H11Cl2N3O2/c17-11-1-4-13(5-2-11)21-9-10(8-19-21)16(23)20-14-7-12(18)3-6-15(14)22/h1-9,22H,(H,20,23). The third kappa shape index (κ3) is 3.47. The molecular weight excluding hydrogens is 337 g/mol. The van der Waals surface area contributed by atoms with Crippen molar-refractivity contribution >= 4 is 34.8 Å². The Balaban J connectivity index is 1.81. The molecule has 23 heavy (non-hydrogen) atoms. The van der Waals surface area contributed by atoms with Crippen molar-refractivity contribution in [1.82, 2.24) is 9.78 Å². The highest BCUT2D eigenvalue weighted by Crippen LogP contribution is 2.27. The van der Waals surface area contributed by atoms with E-state index in [2.05, 4.69) is 10.4 Å². The van der Waals surface area contributed by atoms with Gasteiger partial charge < -0.3 is 10.4 Å². The first kappa shape index (κ1) is 15.4. The molecule has 3 rings (SSSR count). The molecule has 5 nitrogen and oxygen atoms in total. The lowest BCUT2D eigenvalue weighted by atomic mass is 10.2. The van der Waals surface area contributed by atoms with Gasteiger partial charge in [-0.2, -0.15) is 5.10 Å². The SMILES string of the molecule is O=C(Nc1cc(Cl)ccc1O)c1cnn(-c2ccc(Cl)cc2)c1. The number of benzene rings is 2. The molecule has 2 N–H and O–H groups in total. The summed E-state index contributed by atoms with van der Waals surface area (Å²) < 4.78 is 1.56. The second kappa shape index (κ2) is 6.32. The van der Waals surface area contributed by atoms with Crippen LogP contribution in [0.1, 0.15) is 10.4 Å². The highest BCUT2D eigenvalue weighted by molar-refractivity contribution is 6.31. The molecule has 0 bridgehead atoms. The van der Waals surface area contributed by atoms with Crippen LogP contribution in [-0.4, -0.2) is 20.8 Å². The van der Waals surface area contributed by atoms with E-state index in [4.69, 9.17) is 23.2 Å². The van der Waals surface area contributed by atoms with E-state index in [9.17, 15) is 9.90 Å². The fourth-order valence-corrected chi connectivity index (χ4v) is 2.28. The number of nitrogens with zero attached hydrogens (tertiary/aromatic N) is 2. The van der Waals surface area contributed by atoms with Gasteiger partial charge in [-0.25, -0.2) is 4.68 Å². The van der Waals surface area contributed by atoms with E-state index in [1.807, 2.05) is 0 Å². The fourth-order valence-electron chi connectivity index (χ4n) is 1.98. The lowest BCUT2D eigenvalue weighted by Gasteiger charge is -2.06. The molecule has 1 amide bonds. The molecule has 0 aliphatic heterocycles. The van der Waals surface area contributed by atoms with Crippen molar-refractivity contribution in [3.05, 3.63) is 70.5 Å². The first-order valence-electron chi connectivity index (χ1n) is 6.63. The number of hydrogen-bond acceptors (Lipinski definition) is 3. The maximum atomic E-state index is 12.2. The minimum Gasteiger partial charge on any atom is -0.506 e. The van der Waals surface area contributed by atoms with Crippen LogP contribution in [0.15, 0.2) is 54.9 Å². The van der Waals surface area contributed by atoms with Crippen LogP contribution < -0.4 is 5.32 Å². The highest BCUT2D eigenvalue weighted by atomic mass is 35.5. The van der Waals surface area contributed by atoms with E-state index in [0.29, 0.717) is 15.6 Å². The van der Waals surface area contributed by atoms with Crippen molar-refractivity contribution in [2.75, 3.05) is 5.32 Å². The third-order valence-electron chi connectivity index (χ3n) is 3.14. The Morgan fingerprint density at radius 2 is 1.78 bits per heavy atom. The number of phenolic OH excluding ortho intramolecular Hbond substituents is 1. The first-order chi connectivity index (χ1) is 11.0. The third-order valence-corrected chi connectivity index (χ3v) is 3.63. The predicted octanol–water partition coefficient (Wildman–Crippen LogP) is 4.14. The molecule has 1 aromatic heterocycles. The van der Waals surface area contributed by atoms with Crippen LogP contribution in [0.4, 0.5) is 5.69 Å². The number of anilines is 1. The fraction of sp³-hybridized carbons (Fsp3) is 0. The summed E-state index contributed by atoms with van der Waals surface area (Å²) in [6.45, 7) is 0. The Labute approximate surface area is 142 Å². The Morgan fingerprint density at radius 3 is 2.52 bits per heavy atom. The largest absolute Gasteiger partial charge is 0.506 e. The van der Waals surface area contributed by atoms with Crippen LogP contribution in [-0.2, 0) is 0 Å². The molecule has 0 fully saturated rings.